The quantitative estimate of drug-likeness (QED) is 0.871. The molecule has 0 aliphatic heterocycles. The third kappa shape index (κ3) is 2.98. The second-order valence-electron chi connectivity index (χ2n) is 3.95. The molecular weight excluding hydrogens is 246 g/mol. The highest BCUT2D eigenvalue weighted by molar-refractivity contribution is 6.02. The number of aryl methyl sites for hydroxylation is 1. The summed E-state index contributed by atoms with van der Waals surface area (Å²) in [4.78, 5) is 30.2. The van der Waals surface area contributed by atoms with Gasteiger partial charge in [-0.25, -0.2) is 4.98 Å². The molecule has 0 atom stereocenters. The van der Waals surface area contributed by atoms with Crippen molar-refractivity contribution in [3.63, 3.8) is 0 Å². The first-order valence-corrected chi connectivity index (χ1v) is 5.61. The van der Waals surface area contributed by atoms with Crippen molar-refractivity contribution < 1.29 is 9.53 Å². The van der Waals surface area contributed by atoms with E-state index in [0.717, 1.165) is 5.56 Å². The van der Waals surface area contributed by atoms with Crippen LogP contribution in [0.3, 0.4) is 0 Å². The van der Waals surface area contributed by atoms with Gasteiger partial charge in [0.15, 0.2) is 5.75 Å². The summed E-state index contributed by atoms with van der Waals surface area (Å²) >= 11 is 0. The van der Waals surface area contributed by atoms with Crippen molar-refractivity contribution in [1.29, 1.82) is 0 Å². The van der Waals surface area contributed by atoms with E-state index in [9.17, 15) is 9.59 Å². The highest BCUT2D eigenvalue weighted by Crippen LogP contribution is 2.06. The first-order valence-electron chi connectivity index (χ1n) is 5.61. The van der Waals surface area contributed by atoms with Crippen LogP contribution in [0.25, 0.3) is 0 Å². The molecule has 6 nitrogen and oxygen atoms in total. The zero-order chi connectivity index (χ0) is 13.8. The molecule has 98 valence electrons. The molecule has 2 aromatic rings. The Labute approximate surface area is 109 Å². The lowest BCUT2D eigenvalue weighted by Crippen LogP contribution is -2.17. The number of carbonyl (C=O) groups excluding carboxylic acids is 1. The molecule has 0 unspecified atom stereocenters. The third-order valence-corrected chi connectivity index (χ3v) is 2.49. The summed E-state index contributed by atoms with van der Waals surface area (Å²) in [7, 11) is 1.39. The summed E-state index contributed by atoms with van der Waals surface area (Å²) in [6.07, 6.45) is 2.99. The van der Waals surface area contributed by atoms with Crippen molar-refractivity contribution in [1.82, 2.24) is 9.97 Å². The molecule has 0 saturated heterocycles. The van der Waals surface area contributed by atoms with Crippen LogP contribution in [-0.4, -0.2) is 23.0 Å². The summed E-state index contributed by atoms with van der Waals surface area (Å²) < 4.78 is 4.82. The van der Waals surface area contributed by atoms with Gasteiger partial charge in [-0.2, -0.15) is 0 Å². The first-order chi connectivity index (χ1) is 9.10. The van der Waals surface area contributed by atoms with Crippen LogP contribution in [0.4, 0.5) is 5.82 Å². The monoisotopic (exact) mass is 259 g/mol. The van der Waals surface area contributed by atoms with Crippen molar-refractivity contribution >= 4 is 11.7 Å². The number of methoxy groups -OCH3 is 1. The molecule has 1 amide bonds. The molecule has 0 fully saturated rings. The number of pyridine rings is 2. The average molecular weight is 259 g/mol. The Morgan fingerprint density at radius 3 is 2.79 bits per heavy atom. The van der Waals surface area contributed by atoms with Gasteiger partial charge in [-0.1, -0.05) is 6.07 Å². The third-order valence-electron chi connectivity index (χ3n) is 2.49. The lowest BCUT2D eigenvalue weighted by atomic mass is 10.3. The molecule has 0 aromatic carbocycles. The summed E-state index contributed by atoms with van der Waals surface area (Å²) in [5, 5.41) is 2.59. The molecule has 0 aliphatic rings. The molecule has 0 spiro atoms. The highest BCUT2D eigenvalue weighted by atomic mass is 16.5. The number of nitrogens with zero attached hydrogens (tertiary/aromatic N) is 1. The number of anilines is 1. The fourth-order valence-corrected chi connectivity index (χ4v) is 1.47. The van der Waals surface area contributed by atoms with Crippen molar-refractivity contribution in [2.45, 2.75) is 6.92 Å². The number of amides is 1. The van der Waals surface area contributed by atoms with Crippen LogP contribution in [0.2, 0.25) is 0 Å². The summed E-state index contributed by atoms with van der Waals surface area (Å²) in [5.41, 5.74) is 0.785. The highest BCUT2D eigenvalue weighted by Gasteiger charge is 2.09. The number of carbonyl (C=O) groups is 1. The number of hydrogen-bond acceptors (Lipinski definition) is 4. The second-order valence-corrected chi connectivity index (χ2v) is 3.95. The number of aromatic nitrogens is 2. The Morgan fingerprint density at radius 2 is 2.21 bits per heavy atom. The smallest absolute Gasteiger partial charge is 0.273 e. The first kappa shape index (κ1) is 12.8. The predicted octanol–water partition coefficient (Wildman–Crippen LogP) is 1.34. The van der Waals surface area contributed by atoms with Gasteiger partial charge in [0.05, 0.1) is 7.11 Å². The zero-order valence-electron chi connectivity index (χ0n) is 10.6. The Morgan fingerprint density at radius 1 is 1.42 bits per heavy atom. The summed E-state index contributed by atoms with van der Waals surface area (Å²) in [6, 6.07) is 4.70. The standard InChI is InChI=1S/C13H13N3O3/c1-8-3-4-12(15-6-8)16-13(18)9-5-10(17)11(19-2)7-14-9/h3-7H,1-2H3,(H,14,17)(H,15,16,18). The number of ether oxygens (including phenoxy) is 1. The van der Waals surface area contributed by atoms with Crippen molar-refractivity contribution in [3.05, 3.63) is 52.1 Å². The lowest BCUT2D eigenvalue weighted by Gasteiger charge is -2.05. The van der Waals surface area contributed by atoms with Gasteiger partial charge in [-0.3, -0.25) is 9.59 Å². The van der Waals surface area contributed by atoms with Crippen LogP contribution in [0.1, 0.15) is 16.1 Å². The molecule has 2 N–H and O–H groups in total. The van der Waals surface area contributed by atoms with E-state index in [-0.39, 0.29) is 16.9 Å². The maximum absolute atomic E-state index is 11.9. The van der Waals surface area contributed by atoms with E-state index in [2.05, 4.69) is 15.3 Å². The molecule has 0 bridgehead atoms. The van der Waals surface area contributed by atoms with E-state index >= 15 is 0 Å². The SMILES string of the molecule is COc1c[nH]c(C(=O)Nc2ccc(C)cn2)cc1=O. The van der Waals surface area contributed by atoms with Crippen LogP contribution in [-0.2, 0) is 0 Å². The molecule has 0 radical (unpaired) electrons. The Bertz CT molecular complexity index is 647. The van der Waals surface area contributed by atoms with Gasteiger partial charge in [0, 0.05) is 18.5 Å². The number of hydrogen-bond donors (Lipinski definition) is 2. The molecule has 6 heteroatoms. The van der Waals surface area contributed by atoms with Crippen molar-refractivity contribution in [2.75, 3.05) is 12.4 Å². The van der Waals surface area contributed by atoms with Gasteiger partial charge in [-0.15, -0.1) is 0 Å². The van der Waals surface area contributed by atoms with Gasteiger partial charge >= 0.3 is 0 Å². The molecule has 2 aromatic heterocycles. The Hall–Kier alpha value is -2.63. The van der Waals surface area contributed by atoms with E-state index in [1.165, 1.54) is 19.4 Å². The molecular formula is C13H13N3O3. The van der Waals surface area contributed by atoms with Crippen LogP contribution >= 0.6 is 0 Å². The minimum atomic E-state index is -0.434. The van der Waals surface area contributed by atoms with E-state index in [0.29, 0.717) is 5.82 Å². The van der Waals surface area contributed by atoms with Crippen LogP contribution < -0.4 is 15.5 Å². The fraction of sp³-hybridized carbons (Fsp3) is 0.154. The largest absolute Gasteiger partial charge is 0.491 e. The minimum Gasteiger partial charge on any atom is -0.491 e. The maximum atomic E-state index is 11.9. The lowest BCUT2D eigenvalue weighted by molar-refractivity contribution is 0.102. The minimum absolute atomic E-state index is 0.146. The van der Waals surface area contributed by atoms with Crippen molar-refractivity contribution in [2.24, 2.45) is 0 Å². The average Bonchev–Trinajstić information content (AvgIpc) is 2.41. The second kappa shape index (κ2) is 5.34. The topological polar surface area (TPSA) is 84.1 Å². The van der Waals surface area contributed by atoms with Gasteiger partial charge < -0.3 is 15.0 Å². The molecule has 2 rings (SSSR count). The molecule has 19 heavy (non-hydrogen) atoms. The number of rotatable bonds is 3. The van der Waals surface area contributed by atoms with E-state index in [1.807, 2.05) is 13.0 Å². The van der Waals surface area contributed by atoms with Crippen LogP contribution in [0, 0.1) is 6.92 Å². The Kier molecular flexibility index (Phi) is 3.61. The van der Waals surface area contributed by atoms with Gasteiger partial charge in [0.1, 0.15) is 11.5 Å². The molecule has 0 aliphatic carbocycles. The van der Waals surface area contributed by atoms with Gasteiger partial charge in [0.2, 0.25) is 5.43 Å². The number of H-pyrrole nitrogens is 1. The molecule has 0 saturated carbocycles. The number of aromatic amines is 1. The summed E-state index contributed by atoms with van der Waals surface area (Å²) in [6.45, 7) is 1.90. The van der Waals surface area contributed by atoms with Crippen LogP contribution in [0.5, 0.6) is 5.75 Å². The Balaban J connectivity index is 2.18. The van der Waals surface area contributed by atoms with E-state index in [4.69, 9.17) is 4.74 Å². The summed E-state index contributed by atoms with van der Waals surface area (Å²) in [5.74, 6) is 0.147. The zero-order valence-corrected chi connectivity index (χ0v) is 10.6. The van der Waals surface area contributed by atoms with Crippen molar-refractivity contribution in [3.8, 4) is 5.75 Å². The van der Waals surface area contributed by atoms with Gasteiger partial charge in [-0.05, 0) is 18.6 Å². The normalized spacial score (nSPS) is 10.0. The van der Waals surface area contributed by atoms with Gasteiger partial charge in [0.25, 0.3) is 5.91 Å². The maximum Gasteiger partial charge on any atom is 0.273 e. The molecule has 2 heterocycles. The van der Waals surface area contributed by atoms with Crippen LogP contribution in [0.15, 0.2) is 35.4 Å². The fourth-order valence-electron chi connectivity index (χ4n) is 1.47. The van der Waals surface area contributed by atoms with E-state index in [1.54, 1.807) is 12.3 Å². The predicted molar refractivity (Wildman–Crippen MR) is 70.5 cm³/mol. The van der Waals surface area contributed by atoms with E-state index < -0.39 is 5.91 Å². The number of nitrogens with one attached hydrogen (secondary N) is 2.